The zero-order valence-electron chi connectivity index (χ0n) is 12.6. The minimum atomic E-state index is -0.210. The molecule has 1 aromatic carbocycles. The second-order valence-electron chi connectivity index (χ2n) is 5.94. The van der Waals surface area contributed by atoms with Gasteiger partial charge in [0.25, 0.3) is 5.91 Å². The molecule has 5 heteroatoms. The second-order valence-corrected chi connectivity index (χ2v) is 5.94. The Morgan fingerprint density at radius 3 is 2.62 bits per heavy atom. The molecule has 0 aliphatic carbocycles. The normalized spacial score (nSPS) is 11.4. The maximum absolute atomic E-state index is 11.8. The first-order chi connectivity index (χ1) is 9.95. The molecule has 2 aromatic rings. The molecule has 0 atom stereocenters. The van der Waals surface area contributed by atoms with E-state index in [0.29, 0.717) is 12.4 Å². The van der Waals surface area contributed by atoms with Crippen molar-refractivity contribution in [2.75, 3.05) is 11.9 Å². The predicted octanol–water partition coefficient (Wildman–Crippen LogP) is 2.86. The lowest BCUT2D eigenvalue weighted by Gasteiger charge is -2.14. The number of carbonyl (C=O) groups excluding carboxylic acids is 1. The molecule has 0 radical (unpaired) electrons. The van der Waals surface area contributed by atoms with Crippen molar-refractivity contribution in [1.29, 1.82) is 0 Å². The van der Waals surface area contributed by atoms with E-state index in [1.807, 2.05) is 36.4 Å². The number of rotatable bonds is 5. The molecule has 2 N–H and O–H groups in total. The number of amides is 1. The van der Waals surface area contributed by atoms with Gasteiger partial charge in [-0.3, -0.25) is 9.89 Å². The van der Waals surface area contributed by atoms with Crippen molar-refractivity contribution < 1.29 is 9.53 Å². The van der Waals surface area contributed by atoms with Crippen LogP contribution in [0.1, 0.15) is 32.0 Å². The summed E-state index contributed by atoms with van der Waals surface area (Å²) in [6.45, 7) is 6.66. The number of hydrogen-bond donors (Lipinski definition) is 2. The topological polar surface area (TPSA) is 67.0 Å². The van der Waals surface area contributed by atoms with Gasteiger partial charge in [0, 0.05) is 17.2 Å². The molecule has 0 aliphatic heterocycles. The van der Waals surface area contributed by atoms with Crippen molar-refractivity contribution >= 4 is 11.7 Å². The fraction of sp³-hybridized carbons (Fsp3) is 0.375. The first-order valence-electron chi connectivity index (χ1n) is 6.92. The molecule has 112 valence electrons. The number of hydrogen-bond acceptors (Lipinski definition) is 3. The molecule has 1 aromatic heterocycles. The summed E-state index contributed by atoms with van der Waals surface area (Å²) in [5.41, 5.74) is 1.99. The average molecular weight is 287 g/mol. The summed E-state index contributed by atoms with van der Waals surface area (Å²) >= 11 is 0. The highest BCUT2D eigenvalue weighted by molar-refractivity contribution is 5.90. The number of ether oxygens (including phenoxy) is 1. The monoisotopic (exact) mass is 287 g/mol. The van der Waals surface area contributed by atoms with Crippen LogP contribution in [0.15, 0.2) is 36.4 Å². The van der Waals surface area contributed by atoms with Crippen molar-refractivity contribution in [2.45, 2.75) is 32.8 Å². The zero-order chi connectivity index (χ0) is 15.3. The van der Waals surface area contributed by atoms with E-state index < -0.39 is 0 Å². The molecule has 1 amide bonds. The summed E-state index contributed by atoms with van der Waals surface area (Å²) in [6, 6.07) is 11.6. The summed E-state index contributed by atoms with van der Waals surface area (Å²) in [6.07, 6.45) is 0. The van der Waals surface area contributed by atoms with Crippen LogP contribution in [0.2, 0.25) is 0 Å². The summed E-state index contributed by atoms with van der Waals surface area (Å²) < 4.78 is 5.38. The number of H-pyrrole nitrogens is 1. The van der Waals surface area contributed by atoms with Crippen molar-refractivity contribution in [3.05, 3.63) is 47.7 Å². The summed E-state index contributed by atoms with van der Waals surface area (Å²) in [4.78, 5) is 11.8. The van der Waals surface area contributed by atoms with Crippen molar-refractivity contribution in [3.8, 4) is 0 Å². The third kappa shape index (κ3) is 4.72. The second kappa shape index (κ2) is 6.54. The fourth-order valence-electron chi connectivity index (χ4n) is 1.78. The Balaban J connectivity index is 1.78. The number of aromatic amines is 1. The van der Waals surface area contributed by atoms with Crippen LogP contribution in [0, 0.1) is 0 Å². The Labute approximate surface area is 124 Å². The summed E-state index contributed by atoms with van der Waals surface area (Å²) in [7, 11) is 0. The van der Waals surface area contributed by atoms with E-state index in [9.17, 15) is 4.79 Å². The van der Waals surface area contributed by atoms with Gasteiger partial charge in [0.1, 0.15) is 6.61 Å². The van der Waals surface area contributed by atoms with Crippen molar-refractivity contribution in [2.24, 2.45) is 0 Å². The van der Waals surface area contributed by atoms with E-state index in [2.05, 4.69) is 36.3 Å². The molecule has 0 saturated carbocycles. The first kappa shape index (κ1) is 15.3. The molecule has 2 rings (SSSR count). The largest absolute Gasteiger partial charge is 0.367 e. The van der Waals surface area contributed by atoms with Crippen LogP contribution < -0.4 is 5.32 Å². The Hall–Kier alpha value is -2.14. The van der Waals surface area contributed by atoms with Gasteiger partial charge >= 0.3 is 0 Å². The molecule has 0 saturated heterocycles. The Morgan fingerprint density at radius 2 is 2.00 bits per heavy atom. The Morgan fingerprint density at radius 1 is 1.29 bits per heavy atom. The maximum Gasteiger partial charge on any atom is 0.251 e. The van der Waals surface area contributed by atoms with Gasteiger partial charge in [-0.2, -0.15) is 5.10 Å². The molecule has 0 unspecified atom stereocenters. The molecule has 0 aliphatic rings. The molecule has 21 heavy (non-hydrogen) atoms. The smallest absolute Gasteiger partial charge is 0.251 e. The predicted molar refractivity (Wildman–Crippen MR) is 82.0 cm³/mol. The van der Waals surface area contributed by atoms with Crippen LogP contribution in [0.3, 0.4) is 0 Å². The van der Waals surface area contributed by atoms with E-state index in [4.69, 9.17) is 4.74 Å². The van der Waals surface area contributed by atoms with E-state index in [0.717, 1.165) is 11.3 Å². The number of nitrogens with one attached hydrogen (secondary N) is 2. The van der Waals surface area contributed by atoms with Crippen molar-refractivity contribution in [3.63, 3.8) is 0 Å². The number of aromatic nitrogens is 2. The molecule has 5 nitrogen and oxygen atoms in total. The van der Waals surface area contributed by atoms with Crippen LogP contribution in [0.25, 0.3) is 0 Å². The van der Waals surface area contributed by atoms with Crippen LogP contribution in [0.5, 0.6) is 0 Å². The molecule has 0 spiro atoms. The van der Waals surface area contributed by atoms with Gasteiger partial charge < -0.3 is 10.1 Å². The van der Waals surface area contributed by atoms with E-state index in [-0.39, 0.29) is 17.9 Å². The minimum absolute atomic E-state index is 0.00655. The lowest BCUT2D eigenvalue weighted by atomic mass is 9.92. The molecule has 0 fully saturated rings. The van der Waals surface area contributed by atoms with Crippen molar-refractivity contribution in [1.82, 2.24) is 10.2 Å². The summed E-state index contributed by atoms with van der Waals surface area (Å²) in [5.74, 6) is 0.311. The number of nitrogens with zero attached hydrogens (tertiary/aromatic N) is 1. The third-order valence-corrected chi connectivity index (χ3v) is 3.00. The van der Waals surface area contributed by atoms with Crippen LogP contribution in [-0.4, -0.2) is 22.7 Å². The zero-order valence-corrected chi connectivity index (χ0v) is 12.6. The fourth-order valence-corrected chi connectivity index (χ4v) is 1.78. The van der Waals surface area contributed by atoms with Crippen LogP contribution >= 0.6 is 0 Å². The molecular weight excluding hydrogens is 266 g/mol. The van der Waals surface area contributed by atoms with Gasteiger partial charge in [0.05, 0.1) is 6.61 Å². The quantitative estimate of drug-likeness (QED) is 0.888. The van der Waals surface area contributed by atoms with Gasteiger partial charge in [-0.1, -0.05) is 51.1 Å². The number of anilines is 1. The molecule has 1 heterocycles. The molecular formula is C16H21N3O2. The minimum Gasteiger partial charge on any atom is -0.367 e. The van der Waals surface area contributed by atoms with Crippen LogP contribution in [0.4, 0.5) is 5.82 Å². The lowest BCUT2D eigenvalue weighted by Crippen LogP contribution is -2.18. The highest BCUT2D eigenvalue weighted by Crippen LogP contribution is 2.21. The first-order valence-corrected chi connectivity index (χ1v) is 6.92. The Bertz CT molecular complexity index is 585. The van der Waals surface area contributed by atoms with E-state index >= 15 is 0 Å². The Kier molecular flexibility index (Phi) is 4.75. The highest BCUT2D eigenvalue weighted by atomic mass is 16.5. The standard InChI is InChI=1S/C16H21N3O2/c1-16(2,3)13-9-14(19-18-13)17-15(20)11-21-10-12-7-5-4-6-8-12/h4-9H,10-11H2,1-3H3,(H2,17,18,19,20). The summed E-state index contributed by atoms with van der Waals surface area (Å²) in [5, 5.41) is 9.72. The lowest BCUT2D eigenvalue weighted by molar-refractivity contribution is -0.121. The van der Waals surface area contributed by atoms with Gasteiger partial charge in [-0.25, -0.2) is 0 Å². The number of carbonyl (C=O) groups is 1. The highest BCUT2D eigenvalue weighted by Gasteiger charge is 2.17. The van der Waals surface area contributed by atoms with Gasteiger partial charge in [0.2, 0.25) is 0 Å². The van der Waals surface area contributed by atoms with Gasteiger partial charge in [-0.05, 0) is 5.56 Å². The van der Waals surface area contributed by atoms with E-state index in [1.54, 1.807) is 0 Å². The van der Waals surface area contributed by atoms with E-state index in [1.165, 1.54) is 0 Å². The SMILES string of the molecule is CC(C)(C)c1cc(NC(=O)COCc2ccccc2)n[nH]1. The number of benzene rings is 1. The average Bonchev–Trinajstić information content (AvgIpc) is 2.88. The third-order valence-electron chi connectivity index (χ3n) is 3.00. The van der Waals surface area contributed by atoms with Gasteiger partial charge in [-0.15, -0.1) is 0 Å². The molecule has 0 bridgehead atoms. The van der Waals surface area contributed by atoms with Crippen LogP contribution in [-0.2, 0) is 21.6 Å². The van der Waals surface area contributed by atoms with Gasteiger partial charge in [0.15, 0.2) is 5.82 Å². The maximum atomic E-state index is 11.8.